The third-order valence-electron chi connectivity index (χ3n) is 10.4. The van der Waals surface area contributed by atoms with Gasteiger partial charge in [0.1, 0.15) is 16.3 Å². The van der Waals surface area contributed by atoms with Gasteiger partial charge in [-0.25, -0.2) is 0 Å². The van der Waals surface area contributed by atoms with Gasteiger partial charge in [0, 0.05) is 62.5 Å². The molecule has 3 aliphatic rings. The van der Waals surface area contributed by atoms with E-state index < -0.39 is 58.0 Å². The molecule has 2 fully saturated rings. The van der Waals surface area contributed by atoms with Gasteiger partial charge in [-0.3, -0.25) is 14.6 Å². The molecule has 288 valence electrons. The van der Waals surface area contributed by atoms with Crippen LogP contribution in [0.2, 0.25) is 5.02 Å². The molecule has 0 spiro atoms. The van der Waals surface area contributed by atoms with Crippen LogP contribution in [0, 0.1) is 5.92 Å². The molecule has 53 heavy (non-hydrogen) atoms. The number of ether oxygens (including phenoxy) is 3. The molecule has 3 aromatic rings. The quantitative estimate of drug-likeness (QED) is 0.192. The van der Waals surface area contributed by atoms with E-state index in [4.69, 9.17) is 25.8 Å². The molecule has 0 saturated carbocycles. The predicted octanol–water partition coefficient (Wildman–Crippen LogP) is 8.63. The zero-order valence-electron chi connectivity index (χ0n) is 29.0. The molecule has 0 aliphatic carbocycles. The number of carbonyl (C=O) groups excluding carboxylic acids is 2. The Balaban J connectivity index is 1.46. The Labute approximate surface area is 312 Å². The molecule has 0 N–H and O–H groups in total. The first-order valence-electron chi connectivity index (χ1n) is 17.6. The number of thiophene rings is 1. The number of fused-ring (bicyclic) bond motifs is 1. The topological polar surface area (TPSA) is 81.2 Å². The van der Waals surface area contributed by atoms with Gasteiger partial charge in [0.15, 0.2) is 0 Å². The molecule has 2 amide bonds. The van der Waals surface area contributed by atoms with E-state index in [1.807, 2.05) is 6.07 Å². The van der Waals surface area contributed by atoms with Crippen molar-refractivity contribution in [3.05, 3.63) is 80.3 Å². The standard InChI is InChI=1S/C37H40ClF6N3O5S/c1-50-21-29-27-9-8-25(38)19-24(27)10-16-46(29)34(49)35(52-26-20-31(53-22-26)37(42,43)44)13-4-15-47(30(35)7-2-5-23-11-17-51-18-12-23)33(48)32-28(36(39,40)41)6-3-14-45-32/h3,6,8-9,14,19-20,22-23,29-30H,2,4-5,7,10-13,15-18,21H2,1H3/t29?,30-,35+/m1/s1. The van der Waals surface area contributed by atoms with Crippen LogP contribution in [0.15, 0.2) is 48.0 Å². The van der Waals surface area contributed by atoms with Gasteiger partial charge in [-0.05, 0) is 73.4 Å². The average molecular weight is 788 g/mol. The first-order chi connectivity index (χ1) is 25.2. The largest absolute Gasteiger partial charge is 0.474 e. The number of hydrogen-bond donors (Lipinski definition) is 0. The minimum atomic E-state index is -4.90. The highest BCUT2D eigenvalue weighted by atomic mass is 35.5. The van der Waals surface area contributed by atoms with Crippen LogP contribution in [-0.2, 0) is 33.0 Å². The third-order valence-corrected chi connectivity index (χ3v) is 11.6. The molecular formula is C37H40ClF6N3O5S. The summed E-state index contributed by atoms with van der Waals surface area (Å²) >= 11 is 6.70. The van der Waals surface area contributed by atoms with Crippen LogP contribution in [0.1, 0.15) is 83.0 Å². The van der Waals surface area contributed by atoms with E-state index in [0.717, 1.165) is 48.4 Å². The Morgan fingerprint density at radius 2 is 1.81 bits per heavy atom. The molecule has 3 atom stereocenters. The third kappa shape index (κ3) is 8.47. The SMILES string of the molecule is COCC1c2ccc(Cl)cc2CCN1C(=O)[C@]1(Oc2csc(C(F)(F)F)c2)CCCN(C(=O)c2ncccc2C(F)(F)F)[C@@H]1CCCC1CCOCC1. The summed E-state index contributed by atoms with van der Waals surface area (Å²) in [6.07, 6.45) is -5.09. The molecule has 1 unspecified atom stereocenters. The number of pyridine rings is 1. The number of piperidine rings is 1. The smallest absolute Gasteiger partial charge is 0.425 e. The normalized spacial score (nSPS) is 22.8. The Morgan fingerprint density at radius 3 is 2.51 bits per heavy atom. The number of amides is 2. The number of aromatic nitrogens is 1. The zero-order valence-corrected chi connectivity index (χ0v) is 30.6. The minimum Gasteiger partial charge on any atom is -0.474 e. The monoisotopic (exact) mass is 787 g/mol. The van der Waals surface area contributed by atoms with E-state index in [0.29, 0.717) is 48.8 Å². The van der Waals surface area contributed by atoms with Crippen molar-refractivity contribution in [2.75, 3.05) is 40.0 Å². The van der Waals surface area contributed by atoms with Crippen LogP contribution in [0.3, 0.4) is 0 Å². The second-order valence-electron chi connectivity index (χ2n) is 13.7. The molecule has 0 bridgehead atoms. The first kappa shape index (κ1) is 39.3. The summed E-state index contributed by atoms with van der Waals surface area (Å²) in [6.45, 7) is 1.39. The lowest BCUT2D eigenvalue weighted by molar-refractivity contribution is -0.163. The second kappa shape index (κ2) is 16.1. The fraction of sp³-hybridized carbons (Fsp3) is 0.541. The second-order valence-corrected chi connectivity index (χ2v) is 15.0. The molecule has 0 radical (unpaired) electrons. The van der Waals surface area contributed by atoms with E-state index in [9.17, 15) is 31.1 Å². The van der Waals surface area contributed by atoms with E-state index in [1.165, 1.54) is 17.4 Å². The van der Waals surface area contributed by atoms with Gasteiger partial charge in [-0.15, -0.1) is 11.3 Å². The first-order valence-corrected chi connectivity index (χ1v) is 18.8. The van der Waals surface area contributed by atoms with Crippen molar-refractivity contribution in [1.29, 1.82) is 0 Å². The molecule has 8 nitrogen and oxygen atoms in total. The molecule has 1 aromatic carbocycles. The van der Waals surface area contributed by atoms with E-state index in [2.05, 4.69) is 4.98 Å². The summed E-state index contributed by atoms with van der Waals surface area (Å²) in [5.74, 6) is -1.56. The Kier molecular flexibility index (Phi) is 12.0. The Hall–Kier alpha value is -3.40. The van der Waals surface area contributed by atoms with Gasteiger partial charge in [-0.2, -0.15) is 26.3 Å². The number of rotatable bonds is 10. The number of halogens is 7. The van der Waals surface area contributed by atoms with Crippen molar-refractivity contribution in [2.24, 2.45) is 5.92 Å². The lowest BCUT2D eigenvalue weighted by Gasteiger charge is -2.51. The number of carbonyl (C=O) groups is 2. The Bertz CT molecular complexity index is 1770. The highest BCUT2D eigenvalue weighted by Gasteiger charge is 2.57. The number of likely N-dealkylation sites (tertiary alicyclic amines) is 1. The van der Waals surface area contributed by atoms with Crippen LogP contribution in [-0.4, -0.2) is 78.3 Å². The molecule has 5 heterocycles. The van der Waals surface area contributed by atoms with E-state index >= 15 is 4.79 Å². The fourth-order valence-electron chi connectivity index (χ4n) is 7.94. The maximum Gasteiger partial charge on any atom is 0.425 e. The van der Waals surface area contributed by atoms with Crippen LogP contribution in [0.25, 0.3) is 0 Å². The lowest BCUT2D eigenvalue weighted by Crippen LogP contribution is -2.68. The molecule has 6 rings (SSSR count). The van der Waals surface area contributed by atoms with Crippen molar-refractivity contribution < 1.29 is 50.1 Å². The Morgan fingerprint density at radius 1 is 1.04 bits per heavy atom. The van der Waals surface area contributed by atoms with Crippen LogP contribution in [0.5, 0.6) is 5.75 Å². The van der Waals surface area contributed by atoms with Gasteiger partial charge in [-0.1, -0.05) is 30.5 Å². The summed E-state index contributed by atoms with van der Waals surface area (Å²) in [5.41, 5.74) is -2.36. The number of methoxy groups -OCH3 is 1. The van der Waals surface area contributed by atoms with Crippen molar-refractivity contribution in [3.8, 4) is 5.75 Å². The highest BCUT2D eigenvalue weighted by Crippen LogP contribution is 2.45. The molecular weight excluding hydrogens is 748 g/mol. The average Bonchev–Trinajstić information content (AvgIpc) is 3.61. The van der Waals surface area contributed by atoms with Gasteiger partial charge in [0.05, 0.1) is 24.3 Å². The summed E-state index contributed by atoms with van der Waals surface area (Å²) < 4.78 is 102. The number of hydrogen-bond acceptors (Lipinski definition) is 7. The van der Waals surface area contributed by atoms with Gasteiger partial charge >= 0.3 is 12.4 Å². The fourth-order valence-corrected chi connectivity index (χ4v) is 8.81. The number of alkyl halides is 6. The lowest BCUT2D eigenvalue weighted by atomic mass is 9.78. The van der Waals surface area contributed by atoms with Crippen LogP contribution >= 0.6 is 22.9 Å². The van der Waals surface area contributed by atoms with Crippen molar-refractivity contribution in [3.63, 3.8) is 0 Å². The number of benzene rings is 1. The van der Waals surface area contributed by atoms with Gasteiger partial charge < -0.3 is 24.0 Å². The summed E-state index contributed by atoms with van der Waals surface area (Å²) in [5, 5.41) is 1.68. The highest BCUT2D eigenvalue weighted by molar-refractivity contribution is 7.10. The van der Waals surface area contributed by atoms with Crippen molar-refractivity contribution in [1.82, 2.24) is 14.8 Å². The summed E-state index contributed by atoms with van der Waals surface area (Å²) in [6, 6.07) is 6.17. The van der Waals surface area contributed by atoms with Gasteiger partial charge in [0.2, 0.25) is 5.60 Å². The molecule has 3 aliphatic heterocycles. The summed E-state index contributed by atoms with van der Waals surface area (Å²) in [4.78, 5) is 35.5. The minimum absolute atomic E-state index is 0.00717. The number of nitrogens with zero attached hydrogens (tertiary/aromatic N) is 3. The van der Waals surface area contributed by atoms with E-state index in [-0.39, 0.29) is 50.6 Å². The van der Waals surface area contributed by atoms with E-state index in [1.54, 1.807) is 17.0 Å². The van der Waals surface area contributed by atoms with Crippen molar-refractivity contribution in [2.45, 2.75) is 81.4 Å². The van der Waals surface area contributed by atoms with Crippen molar-refractivity contribution >= 4 is 34.8 Å². The molecule has 2 saturated heterocycles. The van der Waals surface area contributed by atoms with Crippen LogP contribution in [0.4, 0.5) is 26.3 Å². The van der Waals surface area contributed by atoms with Gasteiger partial charge in [0.25, 0.3) is 11.8 Å². The maximum atomic E-state index is 15.4. The summed E-state index contributed by atoms with van der Waals surface area (Å²) in [7, 11) is 1.48. The zero-order chi connectivity index (χ0) is 38.0. The predicted molar refractivity (Wildman–Crippen MR) is 185 cm³/mol. The molecule has 2 aromatic heterocycles. The van der Waals surface area contributed by atoms with Crippen LogP contribution < -0.4 is 4.74 Å². The maximum absolute atomic E-state index is 15.4. The molecule has 16 heteroatoms.